The number of hydrogen-bond donors (Lipinski definition) is 3. The summed E-state index contributed by atoms with van der Waals surface area (Å²) in [5.41, 5.74) is 5.64. The Morgan fingerprint density at radius 1 is 1.39 bits per heavy atom. The van der Waals surface area contributed by atoms with E-state index in [1.165, 1.54) is 0 Å². The normalized spacial score (nSPS) is 29.3. The summed E-state index contributed by atoms with van der Waals surface area (Å²) >= 11 is 0. The van der Waals surface area contributed by atoms with Gasteiger partial charge in [0.05, 0.1) is 13.2 Å². The third-order valence-electron chi connectivity index (χ3n) is 3.62. The first-order valence-corrected chi connectivity index (χ1v) is 6.33. The number of amides is 2. The van der Waals surface area contributed by atoms with Gasteiger partial charge in [-0.1, -0.05) is 11.6 Å². The highest BCUT2D eigenvalue weighted by atomic mass is 16.5. The van der Waals surface area contributed by atoms with Crippen LogP contribution in [0, 0.1) is 5.92 Å². The standard InChI is InChI=1S/C11H20N4O3/c12-10(14-17)8-2-1-3-9(8)13-11(16)15-4-6-18-7-5-15/h8-9,17H,1-7H2,(H2,12,14)(H,13,16). The lowest BCUT2D eigenvalue weighted by molar-refractivity contribution is 0.0523. The SMILES string of the molecule is NC(=NO)C1CCCC1NC(=O)N1CCOCC1. The van der Waals surface area contributed by atoms with Crippen LogP contribution < -0.4 is 11.1 Å². The molecule has 1 aliphatic heterocycles. The molecule has 1 saturated carbocycles. The largest absolute Gasteiger partial charge is 0.409 e. The van der Waals surface area contributed by atoms with Crippen molar-refractivity contribution >= 4 is 11.9 Å². The monoisotopic (exact) mass is 256 g/mol. The fraction of sp³-hybridized carbons (Fsp3) is 0.818. The highest BCUT2D eigenvalue weighted by Gasteiger charge is 2.32. The first-order chi connectivity index (χ1) is 8.72. The number of nitrogens with zero attached hydrogens (tertiary/aromatic N) is 2. The van der Waals surface area contributed by atoms with E-state index in [4.69, 9.17) is 15.7 Å². The van der Waals surface area contributed by atoms with Gasteiger partial charge in [-0.15, -0.1) is 0 Å². The van der Waals surface area contributed by atoms with Gasteiger partial charge in [0.1, 0.15) is 5.84 Å². The van der Waals surface area contributed by atoms with Crippen LogP contribution >= 0.6 is 0 Å². The number of carbonyl (C=O) groups excluding carboxylic acids is 1. The number of rotatable bonds is 2. The van der Waals surface area contributed by atoms with E-state index >= 15 is 0 Å². The Balaban J connectivity index is 1.89. The molecule has 0 spiro atoms. The lowest BCUT2D eigenvalue weighted by atomic mass is 10.0. The molecular formula is C11H20N4O3. The highest BCUT2D eigenvalue weighted by Crippen LogP contribution is 2.26. The lowest BCUT2D eigenvalue weighted by Gasteiger charge is -2.29. The molecule has 0 aromatic carbocycles. The minimum absolute atomic E-state index is 0.0313. The average molecular weight is 256 g/mol. The molecule has 0 bridgehead atoms. The number of ether oxygens (including phenoxy) is 1. The van der Waals surface area contributed by atoms with Crippen molar-refractivity contribution in [3.8, 4) is 0 Å². The van der Waals surface area contributed by atoms with Gasteiger partial charge < -0.3 is 25.9 Å². The Morgan fingerprint density at radius 3 is 2.78 bits per heavy atom. The lowest BCUT2D eigenvalue weighted by Crippen LogP contribution is -2.51. The molecule has 4 N–H and O–H groups in total. The van der Waals surface area contributed by atoms with Crippen molar-refractivity contribution < 1.29 is 14.7 Å². The van der Waals surface area contributed by atoms with E-state index in [2.05, 4.69) is 10.5 Å². The maximum Gasteiger partial charge on any atom is 0.317 e. The van der Waals surface area contributed by atoms with Crippen LogP contribution in [0.3, 0.4) is 0 Å². The number of amidine groups is 1. The summed E-state index contributed by atoms with van der Waals surface area (Å²) in [7, 11) is 0. The Morgan fingerprint density at radius 2 is 2.11 bits per heavy atom. The summed E-state index contributed by atoms with van der Waals surface area (Å²) in [5.74, 6) is 0.153. The second kappa shape index (κ2) is 5.90. The zero-order valence-electron chi connectivity index (χ0n) is 10.3. The molecule has 2 rings (SSSR count). The van der Waals surface area contributed by atoms with Gasteiger partial charge in [-0.05, 0) is 12.8 Å². The third kappa shape index (κ3) is 2.84. The Hall–Kier alpha value is -1.50. The van der Waals surface area contributed by atoms with Crippen LogP contribution in [0.5, 0.6) is 0 Å². The zero-order chi connectivity index (χ0) is 13.0. The van der Waals surface area contributed by atoms with E-state index in [1.807, 2.05) is 0 Å². The maximum atomic E-state index is 12.0. The van der Waals surface area contributed by atoms with E-state index in [1.54, 1.807) is 4.90 Å². The number of hydrogen-bond acceptors (Lipinski definition) is 4. The van der Waals surface area contributed by atoms with Crippen molar-refractivity contribution in [1.29, 1.82) is 0 Å². The molecule has 102 valence electrons. The minimum atomic E-state index is -0.0825. The fourth-order valence-electron chi connectivity index (χ4n) is 2.58. The Labute approximate surface area is 106 Å². The van der Waals surface area contributed by atoms with Gasteiger partial charge in [0.2, 0.25) is 0 Å². The van der Waals surface area contributed by atoms with Gasteiger partial charge >= 0.3 is 6.03 Å². The van der Waals surface area contributed by atoms with Gasteiger partial charge in [0.15, 0.2) is 0 Å². The van der Waals surface area contributed by atoms with Crippen LogP contribution in [-0.4, -0.2) is 54.3 Å². The van der Waals surface area contributed by atoms with Crippen molar-refractivity contribution in [3.63, 3.8) is 0 Å². The van der Waals surface area contributed by atoms with Crippen LogP contribution in [0.2, 0.25) is 0 Å². The molecule has 0 aromatic rings. The molecule has 1 aliphatic carbocycles. The summed E-state index contributed by atoms with van der Waals surface area (Å²) in [6, 6.07) is -0.114. The summed E-state index contributed by atoms with van der Waals surface area (Å²) in [6.45, 7) is 2.41. The molecule has 2 aliphatic rings. The number of urea groups is 1. The van der Waals surface area contributed by atoms with E-state index in [0.29, 0.717) is 26.3 Å². The Kier molecular flexibility index (Phi) is 4.24. The molecule has 2 atom stereocenters. The van der Waals surface area contributed by atoms with Crippen LogP contribution in [0.25, 0.3) is 0 Å². The first kappa shape index (κ1) is 12.9. The second-order valence-electron chi connectivity index (χ2n) is 4.72. The predicted molar refractivity (Wildman–Crippen MR) is 65.5 cm³/mol. The Bertz CT molecular complexity index is 328. The average Bonchev–Trinajstić information content (AvgIpc) is 2.87. The molecule has 7 heteroatoms. The number of oxime groups is 1. The van der Waals surface area contributed by atoms with Crippen LogP contribution in [0.4, 0.5) is 4.79 Å². The number of nitrogens with one attached hydrogen (secondary N) is 1. The second-order valence-corrected chi connectivity index (χ2v) is 4.72. The summed E-state index contributed by atoms with van der Waals surface area (Å²) in [6.07, 6.45) is 2.70. The maximum absolute atomic E-state index is 12.0. The van der Waals surface area contributed by atoms with Gasteiger partial charge in [-0.2, -0.15) is 0 Å². The van der Waals surface area contributed by atoms with E-state index < -0.39 is 0 Å². The smallest absolute Gasteiger partial charge is 0.317 e. The molecule has 1 heterocycles. The molecule has 7 nitrogen and oxygen atoms in total. The molecular weight excluding hydrogens is 236 g/mol. The molecule has 2 fully saturated rings. The first-order valence-electron chi connectivity index (χ1n) is 6.33. The molecule has 2 unspecified atom stereocenters. The number of morpholine rings is 1. The predicted octanol–water partition coefficient (Wildman–Crippen LogP) is -0.0567. The topological polar surface area (TPSA) is 100 Å². The summed E-state index contributed by atoms with van der Waals surface area (Å²) < 4.78 is 5.20. The molecule has 0 radical (unpaired) electrons. The zero-order valence-corrected chi connectivity index (χ0v) is 10.3. The van der Waals surface area contributed by atoms with Crippen molar-refractivity contribution in [2.24, 2.45) is 16.8 Å². The van der Waals surface area contributed by atoms with Crippen molar-refractivity contribution in [1.82, 2.24) is 10.2 Å². The van der Waals surface area contributed by atoms with Gasteiger partial charge in [-0.3, -0.25) is 0 Å². The highest BCUT2D eigenvalue weighted by molar-refractivity contribution is 5.84. The fourth-order valence-corrected chi connectivity index (χ4v) is 2.58. The molecule has 1 saturated heterocycles. The number of carbonyl (C=O) groups is 1. The van der Waals surface area contributed by atoms with E-state index in [9.17, 15) is 4.79 Å². The van der Waals surface area contributed by atoms with Crippen molar-refractivity contribution in [3.05, 3.63) is 0 Å². The van der Waals surface area contributed by atoms with Crippen LogP contribution in [0.1, 0.15) is 19.3 Å². The quantitative estimate of drug-likeness (QED) is 0.279. The molecule has 0 aromatic heterocycles. The van der Waals surface area contributed by atoms with Gasteiger partial charge in [-0.25, -0.2) is 4.79 Å². The third-order valence-corrected chi connectivity index (χ3v) is 3.62. The summed E-state index contributed by atoms with van der Waals surface area (Å²) in [5, 5.41) is 14.7. The van der Waals surface area contributed by atoms with E-state index in [-0.39, 0.29) is 23.8 Å². The molecule has 2 amide bonds. The van der Waals surface area contributed by atoms with Crippen LogP contribution in [-0.2, 0) is 4.74 Å². The van der Waals surface area contributed by atoms with E-state index in [0.717, 1.165) is 19.3 Å². The van der Waals surface area contributed by atoms with Crippen molar-refractivity contribution in [2.75, 3.05) is 26.3 Å². The summed E-state index contributed by atoms with van der Waals surface area (Å²) in [4.78, 5) is 13.8. The number of nitrogens with two attached hydrogens (primary N) is 1. The van der Waals surface area contributed by atoms with Gasteiger partial charge in [0, 0.05) is 25.0 Å². The minimum Gasteiger partial charge on any atom is -0.409 e. The van der Waals surface area contributed by atoms with Gasteiger partial charge in [0.25, 0.3) is 0 Å². The molecule has 18 heavy (non-hydrogen) atoms. The van der Waals surface area contributed by atoms with Crippen LogP contribution in [0.15, 0.2) is 5.16 Å². The van der Waals surface area contributed by atoms with Crippen molar-refractivity contribution in [2.45, 2.75) is 25.3 Å².